The molecule has 2 aromatic carbocycles. The third-order valence-electron chi connectivity index (χ3n) is 4.67. The molecule has 0 fully saturated rings. The van der Waals surface area contributed by atoms with E-state index in [0.29, 0.717) is 29.2 Å². The third-order valence-corrected chi connectivity index (χ3v) is 5.53. The predicted molar refractivity (Wildman–Crippen MR) is 106 cm³/mol. The second-order valence-corrected chi connectivity index (χ2v) is 7.51. The van der Waals surface area contributed by atoms with Gasteiger partial charge in [-0.05, 0) is 53.8 Å². The summed E-state index contributed by atoms with van der Waals surface area (Å²) in [7, 11) is 0. The molecule has 0 radical (unpaired) electrons. The minimum Gasteiger partial charge on any atom is -0.322 e. The Kier molecular flexibility index (Phi) is 4.87. The maximum absolute atomic E-state index is 12.9. The van der Waals surface area contributed by atoms with E-state index in [-0.39, 0.29) is 11.5 Å². The molecule has 0 saturated carbocycles. The van der Waals surface area contributed by atoms with Crippen LogP contribution in [0.25, 0.3) is 0 Å². The number of halogens is 3. The van der Waals surface area contributed by atoms with Crippen molar-refractivity contribution in [3.05, 3.63) is 81.5 Å². The molecule has 148 valence electrons. The molecule has 0 bridgehead atoms. The maximum Gasteiger partial charge on any atom is 0.416 e. The number of alkyl halides is 3. The molecule has 1 aliphatic heterocycles. The van der Waals surface area contributed by atoms with Crippen LogP contribution in [-0.2, 0) is 12.6 Å². The number of rotatable bonds is 3. The van der Waals surface area contributed by atoms with Gasteiger partial charge < -0.3 is 10.2 Å². The van der Waals surface area contributed by atoms with E-state index in [9.17, 15) is 22.8 Å². The van der Waals surface area contributed by atoms with E-state index in [0.717, 1.165) is 17.7 Å². The van der Waals surface area contributed by atoms with E-state index >= 15 is 0 Å². The number of fused-ring (bicyclic) bond motifs is 1. The van der Waals surface area contributed by atoms with Crippen molar-refractivity contribution in [3.63, 3.8) is 0 Å². The lowest BCUT2D eigenvalue weighted by Gasteiger charge is -2.17. The standard InChI is InChI=1S/C21H15F3N2O2S/c22-21(23,24)15-4-1-3-14(11-15)19(27)25-16-7-6-13-8-9-26(17(13)12-16)20(28)18-5-2-10-29-18/h1-7,10-12H,8-9H2,(H,25,27). The zero-order valence-corrected chi connectivity index (χ0v) is 15.8. The Morgan fingerprint density at radius 1 is 1.03 bits per heavy atom. The van der Waals surface area contributed by atoms with E-state index < -0.39 is 17.6 Å². The largest absolute Gasteiger partial charge is 0.416 e. The van der Waals surface area contributed by atoms with Crippen LogP contribution >= 0.6 is 11.3 Å². The first-order valence-corrected chi connectivity index (χ1v) is 9.68. The van der Waals surface area contributed by atoms with Crippen LogP contribution in [0.4, 0.5) is 24.5 Å². The number of hydrogen-bond acceptors (Lipinski definition) is 3. The Labute approximate surface area is 168 Å². The van der Waals surface area contributed by atoms with Crippen molar-refractivity contribution < 1.29 is 22.8 Å². The van der Waals surface area contributed by atoms with E-state index in [1.165, 1.54) is 23.5 Å². The number of anilines is 2. The van der Waals surface area contributed by atoms with Crippen molar-refractivity contribution in [2.24, 2.45) is 0 Å². The summed E-state index contributed by atoms with van der Waals surface area (Å²) in [5.74, 6) is -0.759. The molecule has 1 aromatic heterocycles. The number of carbonyl (C=O) groups excluding carboxylic acids is 2. The van der Waals surface area contributed by atoms with Gasteiger partial charge in [0.2, 0.25) is 0 Å². The Morgan fingerprint density at radius 3 is 2.59 bits per heavy atom. The zero-order chi connectivity index (χ0) is 20.6. The average Bonchev–Trinajstić information content (AvgIpc) is 3.37. The molecule has 0 aliphatic carbocycles. The summed E-state index contributed by atoms with van der Waals surface area (Å²) in [5, 5.41) is 4.45. The maximum atomic E-state index is 12.9. The van der Waals surface area contributed by atoms with E-state index in [2.05, 4.69) is 5.32 Å². The molecule has 4 nitrogen and oxygen atoms in total. The predicted octanol–water partition coefficient (Wildman–Crippen LogP) is 5.22. The van der Waals surface area contributed by atoms with Gasteiger partial charge >= 0.3 is 6.18 Å². The highest BCUT2D eigenvalue weighted by atomic mass is 32.1. The highest BCUT2D eigenvalue weighted by molar-refractivity contribution is 7.12. The number of amides is 2. The first-order chi connectivity index (χ1) is 13.8. The van der Waals surface area contributed by atoms with Crippen molar-refractivity contribution in [1.29, 1.82) is 0 Å². The summed E-state index contributed by atoms with van der Waals surface area (Å²) in [6, 6.07) is 13.0. The summed E-state index contributed by atoms with van der Waals surface area (Å²) in [6.07, 6.45) is -3.82. The van der Waals surface area contributed by atoms with Crippen molar-refractivity contribution >= 4 is 34.5 Å². The second kappa shape index (κ2) is 7.36. The summed E-state index contributed by atoms with van der Waals surface area (Å²) < 4.78 is 38.6. The average molecular weight is 416 g/mol. The van der Waals surface area contributed by atoms with Gasteiger partial charge in [-0.25, -0.2) is 0 Å². The van der Waals surface area contributed by atoms with Crippen molar-refractivity contribution in [1.82, 2.24) is 0 Å². The highest BCUT2D eigenvalue weighted by Crippen LogP contribution is 2.33. The summed E-state index contributed by atoms with van der Waals surface area (Å²) >= 11 is 1.36. The van der Waals surface area contributed by atoms with Crippen LogP contribution in [0, 0.1) is 0 Å². The second-order valence-electron chi connectivity index (χ2n) is 6.56. The summed E-state index contributed by atoms with van der Waals surface area (Å²) in [4.78, 5) is 27.4. The molecule has 3 aromatic rings. The molecule has 2 heterocycles. The molecule has 0 spiro atoms. The van der Waals surface area contributed by atoms with Crippen LogP contribution in [0.1, 0.15) is 31.2 Å². The number of carbonyl (C=O) groups is 2. The van der Waals surface area contributed by atoms with Crippen molar-refractivity contribution in [3.8, 4) is 0 Å². The van der Waals surface area contributed by atoms with Crippen molar-refractivity contribution in [2.75, 3.05) is 16.8 Å². The lowest BCUT2D eigenvalue weighted by atomic mass is 10.1. The van der Waals surface area contributed by atoms with Gasteiger partial charge in [0.05, 0.1) is 10.4 Å². The molecule has 1 N–H and O–H groups in total. The fourth-order valence-corrected chi connectivity index (χ4v) is 3.91. The molecule has 0 unspecified atom stereocenters. The fraction of sp³-hybridized carbons (Fsp3) is 0.143. The molecule has 0 saturated heterocycles. The molecular formula is C21H15F3N2O2S. The Hall–Kier alpha value is -3.13. The fourth-order valence-electron chi connectivity index (χ4n) is 3.24. The van der Waals surface area contributed by atoms with Gasteiger partial charge in [-0.2, -0.15) is 13.2 Å². The number of thiophene rings is 1. The third kappa shape index (κ3) is 3.88. The Morgan fingerprint density at radius 2 is 1.86 bits per heavy atom. The molecule has 2 amide bonds. The number of nitrogens with one attached hydrogen (secondary N) is 1. The van der Waals surface area contributed by atoms with E-state index in [1.54, 1.807) is 29.2 Å². The molecule has 29 heavy (non-hydrogen) atoms. The SMILES string of the molecule is O=C(Nc1ccc2c(c1)N(C(=O)c1cccs1)CC2)c1cccc(C(F)(F)F)c1. The van der Waals surface area contributed by atoms with E-state index in [4.69, 9.17) is 0 Å². The quantitative estimate of drug-likeness (QED) is 0.636. The zero-order valence-electron chi connectivity index (χ0n) is 15.0. The lowest BCUT2D eigenvalue weighted by Crippen LogP contribution is -2.28. The van der Waals surface area contributed by atoms with Gasteiger partial charge in [0.15, 0.2) is 0 Å². The molecular weight excluding hydrogens is 401 g/mol. The lowest BCUT2D eigenvalue weighted by molar-refractivity contribution is -0.137. The van der Waals surface area contributed by atoms with Gasteiger partial charge in [-0.1, -0.05) is 18.2 Å². The van der Waals surface area contributed by atoms with Crippen LogP contribution in [0.2, 0.25) is 0 Å². The van der Waals surface area contributed by atoms with Crippen molar-refractivity contribution in [2.45, 2.75) is 12.6 Å². The number of hydrogen-bond donors (Lipinski definition) is 1. The number of nitrogens with zero attached hydrogens (tertiary/aromatic N) is 1. The highest BCUT2D eigenvalue weighted by Gasteiger charge is 2.31. The molecule has 1 aliphatic rings. The van der Waals surface area contributed by atoms with Gasteiger partial charge in [0.1, 0.15) is 0 Å². The first-order valence-electron chi connectivity index (χ1n) is 8.80. The minimum absolute atomic E-state index is 0.0909. The van der Waals surface area contributed by atoms with Gasteiger partial charge in [-0.15, -0.1) is 11.3 Å². The van der Waals surface area contributed by atoms with Gasteiger partial charge in [-0.3, -0.25) is 9.59 Å². The first kappa shape index (κ1) is 19.2. The van der Waals surface area contributed by atoms with Crippen LogP contribution in [0.5, 0.6) is 0 Å². The molecule has 8 heteroatoms. The van der Waals surface area contributed by atoms with Crippen LogP contribution in [0.3, 0.4) is 0 Å². The Bertz CT molecular complexity index is 1080. The topological polar surface area (TPSA) is 49.4 Å². The van der Waals surface area contributed by atoms with Crippen LogP contribution in [0.15, 0.2) is 60.0 Å². The molecule has 0 atom stereocenters. The normalized spacial score (nSPS) is 13.3. The molecule has 4 rings (SSSR count). The Balaban J connectivity index is 1.56. The van der Waals surface area contributed by atoms with Crippen LogP contribution < -0.4 is 10.2 Å². The van der Waals surface area contributed by atoms with Gasteiger partial charge in [0, 0.05) is 23.5 Å². The minimum atomic E-state index is -4.52. The summed E-state index contributed by atoms with van der Waals surface area (Å²) in [5.41, 5.74) is 1.12. The number of benzene rings is 2. The summed E-state index contributed by atoms with van der Waals surface area (Å²) in [6.45, 7) is 0.539. The van der Waals surface area contributed by atoms with E-state index in [1.807, 2.05) is 11.4 Å². The smallest absolute Gasteiger partial charge is 0.322 e. The van der Waals surface area contributed by atoms with Gasteiger partial charge in [0.25, 0.3) is 11.8 Å². The monoisotopic (exact) mass is 416 g/mol. The van der Waals surface area contributed by atoms with Crippen LogP contribution in [-0.4, -0.2) is 18.4 Å².